The molecule has 1 fully saturated rings. The molecule has 0 heterocycles. The quantitative estimate of drug-likeness (QED) is 0.667. The first-order valence-corrected chi connectivity index (χ1v) is 5.80. The normalized spacial score (nSPS) is 18.9. The highest BCUT2D eigenvalue weighted by molar-refractivity contribution is 5.73. The van der Waals surface area contributed by atoms with Crippen molar-refractivity contribution in [2.24, 2.45) is 0 Å². The second-order valence-corrected chi connectivity index (χ2v) is 4.16. The van der Waals surface area contributed by atoms with Gasteiger partial charge in [0.05, 0.1) is 0 Å². The summed E-state index contributed by atoms with van der Waals surface area (Å²) >= 11 is 0. The summed E-state index contributed by atoms with van der Waals surface area (Å²) in [6, 6.07) is 0.0550. The van der Waals surface area contributed by atoms with E-state index in [0.29, 0.717) is 25.4 Å². The first-order valence-electron chi connectivity index (χ1n) is 5.80. The number of aliphatic hydroxyl groups is 1. The standard InChI is InChI=1S/C11H21NO3/c1-2-10(11(14)15)12(7-4-8-13)9-5-3-6-9/h9-10,13H,2-8H2,1H3,(H,14,15). The number of carboxylic acids is 1. The van der Waals surface area contributed by atoms with E-state index in [1.165, 1.54) is 6.42 Å². The Balaban J connectivity index is 2.55. The molecule has 15 heavy (non-hydrogen) atoms. The smallest absolute Gasteiger partial charge is 0.320 e. The third-order valence-corrected chi connectivity index (χ3v) is 3.19. The van der Waals surface area contributed by atoms with Gasteiger partial charge < -0.3 is 10.2 Å². The van der Waals surface area contributed by atoms with Gasteiger partial charge in [-0.3, -0.25) is 9.69 Å². The number of hydrogen-bond donors (Lipinski definition) is 2. The lowest BCUT2D eigenvalue weighted by atomic mass is 9.89. The number of hydrogen-bond acceptors (Lipinski definition) is 3. The van der Waals surface area contributed by atoms with Crippen molar-refractivity contribution in [2.75, 3.05) is 13.2 Å². The molecule has 1 saturated carbocycles. The van der Waals surface area contributed by atoms with Gasteiger partial charge in [0.1, 0.15) is 6.04 Å². The molecule has 0 aromatic rings. The van der Waals surface area contributed by atoms with Crippen LogP contribution in [0.2, 0.25) is 0 Å². The Morgan fingerprint density at radius 3 is 2.53 bits per heavy atom. The van der Waals surface area contributed by atoms with Crippen molar-refractivity contribution in [1.82, 2.24) is 4.90 Å². The lowest BCUT2D eigenvalue weighted by molar-refractivity contribution is -0.145. The summed E-state index contributed by atoms with van der Waals surface area (Å²) in [5.41, 5.74) is 0. The van der Waals surface area contributed by atoms with E-state index in [4.69, 9.17) is 10.2 Å². The number of carboxylic acid groups (broad SMARTS) is 1. The van der Waals surface area contributed by atoms with Crippen LogP contribution in [-0.2, 0) is 4.79 Å². The predicted octanol–water partition coefficient (Wildman–Crippen LogP) is 1.09. The van der Waals surface area contributed by atoms with Gasteiger partial charge in [-0.1, -0.05) is 13.3 Å². The zero-order valence-electron chi connectivity index (χ0n) is 9.35. The van der Waals surface area contributed by atoms with E-state index in [0.717, 1.165) is 12.8 Å². The van der Waals surface area contributed by atoms with Crippen molar-refractivity contribution in [3.63, 3.8) is 0 Å². The SMILES string of the molecule is CCC(C(=O)O)N(CCCO)C1CCC1. The van der Waals surface area contributed by atoms with Crippen LogP contribution in [0, 0.1) is 0 Å². The summed E-state index contributed by atoms with van der Waals surface area (Å²) in [6.45, 7) is 2.74. The van der Waals surface area contributed by atoms with Crippen LogP contribution in [0.15, 0.2) is 0 Å². The van der Waals surface area contributed by atoms with Crippen molar-refractivity contribution in [1.29, 1.82) is 0 Å². The fourth-order valence-electron chi connectivity index (χ4n) is 2.12. The zero-order valence-corrected chi connectivity index (χ0v) is 9.35. The second-order valence-electron chi connectivity index (χ2n) is 4.16. The number of carbonyl (C=O) groups is 1. The van der Waals surface area contributed by atoms with Crippen LogP contribution in [-0.4, -0.2) is 46.3 Å². The van der Waals surface area contributed by atoms with E-state index < -0.39 is 5.97 Å². The lowest BCUT2D eigenvalue weighted by Crippen LogP contribution is -2.50. The van der Waals surface area contributed by atoms with Crippen molar-refractivity contribution in [3.8, 4) is 0 Å². The minimum atomic E-state index is -0.734. The summed E-state index contributed by atoms with van der Waals surface area (Å²) in [5.74, 6) is -0.734. The molecule has 1 aliphatic rings. The van der Waals surface area contributed by atoms with Crippen LogP contribution in [0.3, 0.4) is 0 Å². The Morgan fingerprint density at radius 2 is 2.20 bits per heavy atom. The average Bonchev–Trinajstić information content (AvgIpc) is 2.11. The highest BCUT2D eigenvalue weighted by Crippen LogP contribution is 2.27. The van der Waals surface area contributed by atoms with E-state index in [9.17, 15) is 4.79 Å². The highest BCUT2D eigenvalue weighted by Gasteiger charge is 2.32. The molecule has 4 heteroatoms. The summed E-state index contributed by atoms with van der Waals surface area (Å²) < 4.78 is 0. The topological polar surface area (TPSA) is 60.8 Å². The molecule has 1 atom stereocenters. The Labute approximate surface area is 90.9 Å². The number of aliphatic hydroxyl groups excluding tert-OH is 1. The van der Waals surface area contributed by atoms with Gasteiger partial charge in [-0.2, -0.15) is 0 Å². The maximum atomic E-state index is 11.1. The molecule has 0 saturated heterocycles. The minimum Gasteiger partial charge on any atom is -0.480 e. The van der Waals surface area contributed by atoms with Crippen LogP contribution in [0.25, 0.3) is 0 Å². The third-order valence-electron chi connectivity index (χ3n) is 3.19. The molecule has 1 unspecified atom stereocenters. The number of nitrogens with zero attached hydrogens (tertiary/aromatic N) is 1. The van der Waals surface area contributed by atoms with E-state index >= 15 is 0 Å². The van der Waals surface area contributed by atoms with Gasteiger partial charge in [-0.05, 0) is 25.7 Å². The maximum absolute atomic E-state index is 11.1. The summed E-state index contributed by atoms with van der Waals surface area (Å²) in [4.78, 5) is 13.1. The molecule has 0 aliphatic heterocycles. The molecule has 88 valence electrons. The van der Waals surface area contributed by atoms with Crippen LogP contribution >= 0.6 is 0 Å². The van der Waals surface area contributed by atoms with Crippen LogP contribution in [0.4, 0.5) is 0 Å². The van der Waals surface area contributed by atoms with E-state index in [1.54, 1.807) is 0 Å². The molecule has 2 N–H and O–H groups in total. The Morgan fingerprint density at radius 1 is 1.53 bits per heavy atom. The Hall–Kier alpha value is -0.610. The van der Waals surface area contributed by atoms with Gasteiger partial charge in [0.15, 0.2) is 0 Å². The summed E-state index contributed by atoms with van der Waals surface area (Å²) in [5, 5.41) is 17.9. The molecule has 0 spiro atoms. The maximum Gasteiger partial charge on any atom is 0.320 e. The van der Waals surface area contributed by atoms with Gasteiger partial charge in [-0.15, -0.1) is 0 Å². The van der Waals surface area contributed by atoms with Gasteiger partial charge in [0.2, 0.25) is 0 Å². The van der Waals surface area contributed by atoms with Crippen molar-refractivity contribution in [2.45, 2.75) is 51.1 Å². The summed E-state index contributed by atoms with van der Waals surface area (Å²) in [6.07, 6.45) is 4.72. The molecule has 1 rings (SSSR count). The Kier molecular flexibility index (Phi) is 5.05. The molecule has 0 amide bonds. The molecule has 0 bridgehead atoms. The van der Waals surface area contributed by atoms with Crippen LogP contribution < -0.4 is 0 Å². The first kappa shape index (κ1) is 12.5. The Bertz CT molecular complexity index is 204. The minimum absolute atomic E-state index is 0.138. The van der Waals surface area contributed by atoms with E-state index in [1.807, 2.05) is 6.92 Å². The summed E-state index contributed by atoms with van der Waals surface area (Å²) in [7, 11) is 0. The zero-order chi connectivity index (χ0) is 11.3. The average molecular weight is 215 g/mol. The molecule has 4 nitrogen and oxygen atoms in total. The van der Waals surface area contributed by atoms with Gasteiger partial charge in [0.25, 0.3) is 0 Å². The first-order chi connectivity index (χ1) is 7.20. The second kappa shape index (κ2) is 6.08. The fraction of sp³-hybridized carbons (Fsp3) is 0.909. The van der Waals surface area contributed by atoms with Gasteiger partial charge in [-0.25, -0.2) is 0 Å². The van der Waals surface area contributed by atoms with Crippen molar-refractivity contribution >= 4 is 5.97 Å². The number of aliphatic carboxylic acids is 1. The van der Waals surface area contributed by atoms with E-state index in [-0.39, 0.29) is 12.6 Å². The fourth-order valence-corrected chi connectivity index (χ4v) is 2.12. The van der Waals surface area contributed by atoms with Crippen LogP contribution in [0.5, 0.6) is 0 Å². The third kappa shape index (κ3) is 3.18. The molecule has 0 radical (unpaired) electrons. The van der Waals surface area contributed by atoms with Gasteiger partial charge in [0, 0.05) is 19.2 Å². The molecule has 0 aromatic heterocycles. The highest BCUT2D eigenvalue weighted by atomic mass is 16.4. The predicted molar refractivity (Wildman–Crippen MR) is 57.8 cm³/mol. The van der Waals surface area contributed by atoms with Crippen LogP contribution in [0.1, 0.15) is 39.0 Å². The van der Waals surface area contributed by atoms with E-state index in [2.05, 4.69) is 4.90 Å². The largest absolute Gasteiger partial charge is 0.480 e. The van der Waals surface area contributed by atoms with Crippen molar-refractivity contribution < 1.29 is 15.0 Å². The lowest BCUT2D eigenvalue weighted by Gasteiger charge is -2.40. The monoisotopic (exact) mass is 215 g/mol. The molecular formula is C11H21NO3. The van der Waals surface area contributed by atoms with Gasteiger partial charge >= 0.3 is 5.97 Å². The molecule has 1 aliphatic carbocycles. The molecular weight excluding hydrogens is 194 g/mol. The van der Waals surface area contributed by atoms with Crippen molar-refractivity contribution in [3.05, 3.63) is 0 Å². The molecule has 0 aromatic carbocycles. The number of rotatable bonds is 7.